The van der Waals surface area contributed by atoms with Crippen molar-refractivity contribution in [2.24, 2.45) is 11.7 Å². The SMILES string of the molecule is NC(=O)OC1CCCCC/C=C/C2CC2(C(=O)NS(=O)(=O)NCCc2ccccc2)NC(=O)C2CCCN2C1=O. The van der Waals surface area contributed by atoms with Gasteiger partial charge in [-0.3, -0.25) is 14.4 Å². The summed E-state index contributed by atoms with van der Waals surface area (Å²) in [7, 11) is -4.19. The minimum absolute atomic E-state index is 0.0863. The van der Waals surface area contributed by atoms with Crippen LogP contribution in [0, 0.1) is 5.92 Å². The van der Waals surface area contributed by atoms with Gasteiger partial charge in [-0.25, -0.2) is 9.52 Å². The molecule has 5 N–H and O–H groups in total. The van der Waals surface area contributed by atoms with E-state index in [4.69, 9.17) is 10.5 Å². The van der Waals surface area contributed by atoms with Gasteiger partial charge in [-0.2, -0.15) is 13.1 Å². The third-order valence-electron chi connectivity index (χ3n) is 7.62. The lowest BCUT2D eigenvalue weighted by molar-refractivity contribution is -0.146. The van der Waals surface area contributed by atoms with E-state index in [0.717, 1.165) is 18.4 Å². The number of fused-ring (bicyclic) bond motifs is 2. The lowest BCUT2D eigenvalue weighted by atomic mass is 10.1. The summed E-state index contributed by atoms with van der Waals surface area (Å²) in [6.07, 6.45) is 6.39. The van der Waals surface area contributed by atoms with Crippen LogP contribution >= 0.6 is 0 Å². The van der Waals surface area contributed by atoms with Crippen molar-refractivity contribution < 1.29 is 32.3 Å². The molecule has 12 nitrogen and oxygen atoms in total. The molecule has 2 aliphatic heterocycles. The van der Waals surface area contributed by atoms with Crippen molar-refractivity contribution in [2.75, 3.05) is 13.1 Å². The van der Waals surface area contributed by atoms with Gasteiger partial charge in [0.25, 0.3) is 11.8 Å². The Balaban J connectivity index is 1.48. The van der Waals surface area contributed by atoms with Crippen molar-refractivity contribution in [1.29, 1.82) is 0 Å². The van der Waals surface area contributed by atoms with Gasteiger partial charge in [0.1, 0.15) is 11.6 Å². The highest BCUT2D eigenvalue weighted by Crippen LogP contribution is 2.45. The second-order valence-electron chi connectivity index (χ2n) is 10.5. The van der Waals surface area contributed by atoms with Gasteiger partial charge in [-0.1, -0.05) is 48.9 Å². The molecule has 4 rings (SSSR count). The van der Waals surface area contributed by atoms with Crippen LogP contribution in [0.3, 0.4) is 0 Å². The summed E-state index contributed by atoms with van der Waals surface area (Å²) in [5.41, 5.74) is 4.68. The molecule has 218 valence electrons. The second-order valence-corrected chi connectivity index (χ2v) is 12.0. The molecule has 0 aromatic heterocycles. The number of allylic oxidation sites excluding steroid dienone is 1. The predicted octanol–water partition coefficient (Wildman–Crippen LogP) is 1.03. The molecule has 0 bridgehead atoms. The van der Waals surface area contributed by atoms with Crippen LogP contribution in [-0.2, 0) is 35.8 Å². The largest absolute Gasteiger partial charge is 0.436 e. The van der Waals surface area contributed by atoms with Crippen LogP contribution < -0.4 is 20.5 Å². The van der Waals surface area contributed by atoms with E-state index in [-0.39, 0.29) is 19.5 Å². The van der Waals surface area contributed by atoms with Crippen LogP contribution in [0.2, 0.25) is 0 Å². The number of ether oxygens (including phenoxy) is 1. The fourth-order valence-electron chi connectivity index (χ4n) is 5.40. The molecule has 2 heterocycles. The number of primary amides is 1. The van der Waals surface area contributed by atoms with Gasteiger partial charge in [0.15, 0.2) is 6.10 Å². The molecular weight excluding hydrogens is 538 g/mol. The van der Waals surface area contributed by atoms with E-state index in [2.05, 4.69) is 14.8 Å². The zero-order valence-corrected chi connectivity index (χ0v) is 23.2. The predicted molar refractivity (Wildman–Crippen MR) is 146 cm³/mol. The molecule has 1 aromatic rings. The molecule has 4 unspecified atom stereocenters. The maximum atomic E-state index is 13.4. The normalized spacial score (nSPS) is 28.2. The summed E-state index contributed by atoms with van der Waals surface area (Å²) >= 11 is 0. The van der Waals surface area contributed by atoms with Crippen molar-refractivity contribution in [3.8, 4) is 0 Å². The summed E-state index contributed by atoms with van der Waals surface area (Å²) < 4.78 is 34.9. The van der Waals surface area contributed by atoms with Gasteiger partial charge in [-0.15, -0.1) is 0 Å². The van der Waals surface area contributed by atoms with Crippen LogP contribution in [0.15, 0.2) is 42.5 Å². The Labute approximate surface area is 234 Å². The topological polar surface area (TPSA) is 177 Å². The molecule has 1 saturated heterocycles. The van der Waals surface area contributed by atoms with E-state index in [0.29, 0.717) is 38.5 Å². The lowest BCUT2D eigenvalue weighted by Gasteiger charge is -2.29. The van der Waals surface area contributed by atoms with E-state index < -0.39 is 57.6 Å². The number of hydrogen-bond donors (Lipinski definition) is 4. The number of nitrogens with one attached hydrogen (secondary N) is 3. The van der Waals surface area contributed by atoms with Gasteiger partial charge in [-0.05, 0) is 56.9 Å². The van der Waals surface area contributed by atoms with Crippen LogP contribution in [0.5, 0.6) is 0 Å². The highest BCUT2D eigenvalue weighted by Gasteiger charge is 2.61. The maximum absolute atomic E-state index is 13.4. The van der Waals surface area contributed by atoms with E-state index >= 15 is 0 Å². The number of carbonyl (C=O) groups is 4. The number of rotatable bonds is 7. The number of carbonyl (C=O) groups excluding carboxylic acids is 4. The quantitative estimate of drug-likeness (QED) is 0.351. The summed E-state index contributed by atoms with van der Waals surface area (Å²) in [6.45, 7) is 0.376. The minimum Gasteiger partial charge on any atom is -0.436 e. The molecule has 3 aliphatic rings. The fourth-order valence-corrected chi connectivity index (χ4v) is 6.27. The van der Waals surface area contributed by atoms with E-state index in [1.165, 1.54) is 4.90 Å². The Bertz CT molecular complexity index is 1240. The van der Waals surface area contributed by atoms with E-state index in [1.807, 2.05) is 42.5 Å². The molecule has 40 heavy (non-hydrogen) atoms. The van der Waals surface area contributed by atoms with Gasteiger partial charge in [0, 0.05) is 19.0 Å². The standard InChI is InChI=1S/C27H37N5O7S/c28-26(36)39-22-14-8-3-1-2-7-12-20-18-27(20,30-23(33)21-13-9-17-32(21)24(22)34)25(35)31-40(37,38)29-16-15-19-10-5-4-6-11-19/h4-7,10-12,20-22,29H,1-3,8-9,13-18H2,(H2,28,36)(H,30,33)(H,31,35)/b12-7+. The Morgan fingerprint density at radius 2 is 1.88 bits per heavy atom. The van der Waals surface area contributed by atoms with Crippen LogP contribution in [0.1, 0.15) is 56.9 Å². The zero-order valence-electron chi connectivity index (χ0n) is 22.3. The summed E-state index contributed by atoms with van der Waals surface area (Å²) in [5.74, 6) is -2.28. The molecule has 4 atom stereocenters. The third kappa shape index (κ3) is 7.39. The van der Waals surface area contributed by atoms with Gasteiger partial charge >= 0.3 is 16.3 Å². The number of benzene rings is 1. The van der Waals surface area contributed by atoms with Gasteiger partial charge in [0.05, 0.1) is 0 Å². The molecule has 1 aliphatic carbocycles. The minimum atomic E-state index is -4.19. The van der Waals surface area contributed by atoms with Crippen molar-refractivity contribution >= 4 is 34.0 Å². The summed E-state index contributed by atoms with van der Waals surface area (Å²) in [5, 5.41) is 2.77. The van der Waals surface area contributed by atoms with Crippen LogP contribution in [-0.4, -0.2) is 67.9 Å². The highest BCUT2D eigenvalue weighted by atomic mass is 32.2. The first-order chi connectivity index (χ1) is 19.1. The van der Waals surface area contributed by atoms with Crippen LogP contribution in [0.25, 0.3) is 0 Å². The van der Waals surface area contributed by atoms with E-state index in [1.54, 1.807) is 0 Å². The number of nitrogens with two attached hydrogens (primary N) is 1. The lowest BCUT2D eigenvalue weighted by Crippen LogP contribution is -2.58. The number of hydrogen-bond acceptors (Lipinski definition) is 7. The summed E-state index contributed by atoms with van der Waals surface area (Å²) in [6, 6.07) is 8.44. The van der Waals surface area contributed by atoms with Crippen molar-refractivity contribution in [1.82, 2.24) is 19.7 Å². The first kappa shape index (κ1) is 29.5. The molecule has 13 heteroatoms. The second kappa shape index (κ2) is 12.8. The monoisotopic (exact) mass is 575 g/mol. The molecule has 1 aromatic carbocycles. The average Bonchev–Trinajstić information content (AvgIpc) is 3.36. The first-order valence-electron chi connectivity index (χ1n) is 13.7. The zero-order chi connectivity index (χ0) is 28.8. The fraction of sp³-hybridized carbons (Fsp3) is 0.556. The Hall–Kier alpha value is -3.45. The number of nitrogens with zero attached hydrogens (tertiary/aromatic N) is 1. The smallest absolute Gasteiger partial charge is 0.405 e. The molecule has 0 radical (unpaired) electrons. The molecule has 1 saturated carbocycles. The van der Waals surface area contributed by atoms with Gasteiger partial charge in [0.2, 0.25) is 5.91 Å². The Morgan fingerprint density at radius 3 is 2.62 bits per heavy atom. The Morgan fingerprint density at radius 1 is 1.10 bits per heavy atom. The summed E-state index contributed by atoms with van der Waals surface area (Å²) in [4.78, 5) is 52.9. The molecule has 0 spiro atoms. The number of amides is 4. The van der Waals surface area contributed by atoms with Gasteiger partial charge < -0.3 is 20.7 Å². The first-order valence-corrected chi connectivity index (χ1v) is 15.2. The van der Waals surface area contributed by atoms with Crippen molar-refractivity contribution in [2.45, 2.75) is 75.5 Å². The molecular formula is C27H37N5O7S. The van der Waals surface area contributed by atoms with Crippen molar-refractivity contribution in [3.05, 3.63) is 48.0 Å². The highest BCUT2D eigenvalue weighted by molar-refractivity contribution is 7.88. The van der Waals surface area contributed by atoms with Crippen molar-refractivity contribution in [3.63, 3.8) is 0 Å². The maximum Gasteiger partial charge on any atom is 0.405 e. The molecule has 2 fully saturated rings. The average molecular weight is 576 g/mol. The van der Waals surface area contributed by atoms with Crippen LogP contribution in [0.4, 0.5) is 4.79 Å². The van der Waals surface area contributed by atoms with E-state index in [9.17, 15) is 27.6 Å². The Kier molecular flexibility index (Phi) is 9.46. The molecule has 4 amide bonds. The third-order valence-corrected chi connectivity index (χ3v) is 8.66.